The van der Waals surface area contributed by atoms with E-state index >= 15 is 0 Å². The lowest BCUT2D eigenvalue weighted by atomic mass is 9.75. The molecule has 0 spiro atoms. The van der Waals surface area contributed by atoms with Gasteiger partial charge in [0.1, 0.15) is 0 Å². The van der Waals surface area contributed by atoms with Gasteiger partial charge in [0.05, 0.1) is 13.2 Å². The van der Waals surface area contributed by atoms with Crippen molar-refractivity contribution in [2.75, 3.05) is 13.2 Å². The van der Waals surface area contributed by atoms with E-state index in [4.69, 9.17) is 9.47 Å². The average molecular weight is 238 g/mol. The molecule has 94 valence electrons. The molecule has 2 atom stereocenters. The van der Waals surface area contributed by atoms with Crippen LogP contribution in [0.2, 0.25) is 0 Å². The monoisotopic (exact) mass is 238 g/mol. The van der Waals surface area contributed by atoms with Gasteiger partial charge < -0.3 is 9.47 Å². The first kappa shape index (κ1) is 12.1. The van der Waals surface area contributed by atoms with E-state index in [2.05, 4.69) is 6.08 Å². The van der Waals surface area contributed by atoms with E-state index in [0.717, 1.165) is 6.42 Å². The van der Waals surface area contributed by atoms with Crippen molar-refractivity contribution >= 4 is 11.9 Å². The second-order valence-electron chi connectivity index (χ2n) is 4.60. The number of allylic oxidation sites excluding steroid dienone is 2. The molecule has 2 rings (SSSR count). The van der Waals surface area contributed by atoms with Crippen LogP contribution in [0.1, 0.15) is 26.7 Å². The fraction of sp³-hybridized carbons (Fsp3) is 0.692. The van der Waals surface area contributed by atoms with E-state index in [1.807, 2.05) is 6.08 Å². The molecule has 4 heteroatoms. The molecular weight excluding hydrogens is 220 g/mol. The van der Waals surface area contributed by atoms with Crippen LogP contribution in [0, 0.1) is 17.3 Å². The lowest BCUT2D eigenvalue weighted by Crippen LogP contribution is -2.45. The first-order valence-corrected chi connectivity index (χ1v) is 6.18. The van der Waals surface area contributed by atoms with Crippen LogP contribution in [0.3, 0.4) is 0 Å². The second-order valence-corrected chi connectivity index (χ2v) is 4.60. The number of esters is 2. The number of fused-ring (bicyclic) bond motifs is 2. The van der Waals surface area contributed by atoms with Gasteiger partial charge in [-0.25, -0.2) is 0 Å². The molecule has 0 aromatic carbocycles. The minimum absolute atomic E-state index is 0.0504. The van der Waals surface area contributed by atoms with Gasteiger partial charge in [0.25, 0.3) is 0 Å². The summed E-state index contributed by atoms with van der Waals surface area (Å²) in [6.45, 7) is 4.09. The van der Waals surface area contributed by atoms with Crippen molar-refractivity contribution in [1.82, 2.24) is 0 Å². The molecule has 0 aliphatic heterocycles. The molecule has 1 fully saturated rings. The molecule has 1 saturated carbocycles. The molecule has 0 aromatic heterocycles. The zero-order chi connectivity index (χ0) is 12.5. The molecule has 0 heterocycles. The zero-order valence-corrected chi connectivity index (χ0v) is 10.3. The van der Waals surface area contributed by atoms with Gasteiger partial charge in [-0.15, -0.1) is 0 Å². The van der Waals surface area contributed by atoms with Gasteiger partial charge in [0.15, 0.2) is 5.41 Å². The zero-order valence-electron chi connectivity index (χ0n) is 10.3. The number of hydrogen-bond donors (Lipinski definition) is 0. The standard InChI is InChI=1S/C13H18O4/c1-3-16-11(14)13(12(15)17-4-2)8-9-5-6-10(13)7-9/h5-6,9-10H,3-4,7-8H2,1-2H3. The van der Waals surface area contributed by atoms with E-state index in [1.54, 1.807) is 13.8 Å². The Morgan fingerprint density at radius 3 is 2.12 bits per heavy atom. The Balaban J connectivity index is 2.27. The summed E-state index contributed by atoms with van der Waals surface area (Å²) in [5.74, 6) is -0.579. The van der Waals surface area contributed by atoms with Gasteiger partial charge in [0.2, 0.25) is 0 Å². The highest BCUT2D eigenvalue weighted by Gasteiger charge is 2.60. The summed E-state index contributed by atoms with van der Waals surface area (Å²) >= 11 is 0. The summed E-state index contributed by atoms with van der Waals surface area (Å²) in [6, 6.07) is 0. The number of ether oxygens (including phenoxy) is 2. The molecule has 2 aliphatic carbocycles. The SMILES string of the molecule is CCOC(=O)C1(C(=O)OCC)CC2C=CC1C2. The van der Waals surface area contributed by atoms with Gasteiger partial charge in [-0.05, 0) is 32.6 Å². The third kappa shape index (κ3) is 1.75. The molecular formula is C13H18O4. The van der Waals surface area contributed by atoms with Gasteiger partial charge in [-0.1, -0.05) is 12.2 Å². The van der Waals surface area contributed by atoms with Crippen molar-refractivity contribution in [3.05, 3.63) is 12.2 Å². The molecule has 0 aromatic rings. The van der Waals surface area contributed by atoms with E-state index in [1.165, 1.54) is 0 Å². The Morgan fingerprint density at radius 2 is 1.76 bits per heavy atom. The van der Waals surface area contributed by atoms with Gasteiger partial charge >= 0.3 is 11.9 Å². The highest BCUT2D eigenvalue weighted by Crippen LogP contribution is 2.53. The normalized spacial score (nSPS) is 28.1. The van der Waals surface area contributed by atoms with E-state index < -0.39 is 17.4 Å². The number of rotatable bonds is 4. The molecule has 17 heavy (non-hydrogen) atoms. The molecule has 4 nitrogen and oxygen atoms in total. The third-order valence-electron chi connectivity index (χ3n) is 3.67. The average Bonchev–Trinajstić information content (AvgIpc) is 2.89. The van der Waals surface area contributed by atoms with Crippen LogP contribution in [0.5, 0.6) is 0 Å². The maximum Gasteiger partial charge on any atom is 0.324 e. The summed E-state index contributed by atoms with van der Waals surface area (Å²) in [5, 5.41) is 0. The minimum atomic E-state index is -1.08. The lowest BCUT2D eigenvalue weighted by Gasteiger charge is -2.30. The predicted octanol–water partition coefficient (Wildman–Crippen LogP) is 1.70. The summed E-state index contributed by atoms with van der Waals surface area (Å²) < 4.78 is 10.2. The Bertz CT molecular complexity index is 340. The smallest absolute Gasteiger partial charge is 0.324 e. The summed E-state index contributed by atoms with van der Waals surface area (Å²) in [5.41, 5.74) is -1.08. The van der Waals surface area contributed by atoms with Crippen molar-refractivity contribution in [1.29, 1.82) is 0 Å². The van der Waals surface area contributed by atoms with Crippen LogP contribution in [0.25, 0.3) is 0 Å². The predicted molar refractivity (Wildman–Crippen MR) is 61.1 cm³/mol. The number of hydrogen-bond acceptors (Lipinski definition) is 4. The van der Waals surface area contributed by atoms with Crippen LogP contribution in [-0.2, 0) is 19.1 Å². The van der Waals surface area contributed by atoms with Crippen molar-refractivity contribution < 1.29 is 19.1 Å². The second kappa shape index (κ2) is 4.51. The number of carbonyl (C=O) groups excluding carboxylic acids is 2. The van der Waals surface area contributed by atoms with Crippen molar-refractivity contribution in [3.63, 3.8) is 0 Å². The molecule has 2 unspecified atom stereocenters. The molecule has 0 saturated heterocycles. The first-order chi connectivity index (χ1) is 8.15. The Labute approximate surface area is 101 Å². The largest absolute Gasteiger partial charge is 0.465 e. The van der Waals surface area contributed by atoms with Crippen LogP contribution in [0.4, 0.5) is 0 Å². The van der Waals surface area contributed by atoms with Crippen LogP contribution in [-0.4, -0.2) is 25.2 Å². The number of carbonyl (C=O) groups is 2. The topological polar surface area (TPSA) is 52.6 Å². The Morgan fingerprint density at radius 1 is 1.18 bits per heavy atom. The summed E-state index contributed by atoms with van der Waals surface area (Å²) in [7, 11) is 0. The lowest BCUT2D eigenvalue weighted by molar-refractivity contribution is -0.174. The van der Waals surface area contributed by atoms with E-state index in [-0.39, 0.29) is 5.92 Å². The maximum atomic E-state index is 12.1. The first-order valence-electron chi connectivity index (χ1n) is 6.18. The Hall–Kier alpha value is -1.32. The van der Waals surface area contributed by atoms with E-state index in [9.17, 15) is 9.59 Å². The highest BCUT2D eigenvalue weighted by atomic mass is 16.6. The van der Waals surface area contributed by atoms with Crippen molar-refractivity contribution in [3.8, 4) is 0 Å². The van der Waals surface area contributed by atoms with Crippen LogP contribution in [0.15, 0.2) is 12.2 Å². The van der Waals surface area contributed by atoms with Crippen LogP contribution < -0.4 is 0 Å². The van der Waals surface area contributed by atoms with Crippen molar-refractivity contribution in [2.24, 2.45) is 17.3 Å². The van der Waals surface area contributed by atoms with Crippen LogP contribution >= 0.6 is 0 Å². The molecule has 2 bridgehead atoms. The van der Waals surface area contributed by atoms with Crippen molar-refractivity contribution in [2.45, 2.75) is 26.7 Å². The Kier molecular flexibility index (Phi) is 3.22. The molecule has 2 aliphatic rings. The summed E-state index contributed by atoms with van der Waals surface area (Å²) in [6.07, 6.45) is 5.44. The fourth-order valence-corrected chi connectivity index (χ4v) is 2.93. The van der Waals surface area contributed by atoms with Gasteiger partial charge in [-0.2, -0.15) is 0 Å². The quantitative estimate of drug-likeness (QED) is 0.425. The maximum absolute atomic E-state index is 12.1. The van der Waals surface area contributed by atoms with E-state index in [0.29, 0.717) is 25.6 Å². The highest BCUT2D eigenvalue weighted by molar-refractivity contribution is 6.01. The fourth-order valence-electron chi connectivity index (χ4n) is 2.93. The summed E-state index contributed by atoms with van der Waals surface area (Å²) in [4.78, 5) is 24.2. The third-order valence-corrected chi connectivity index (χ3v) is 3.67. The molecule has 0 N–H and O–H groups in total. The minimum Gasteiger partial charge on any atom is -0.465 e. The van der Waals surface area contributed by atoms with Gasteiger partial charge in [0, 0.05) is 5.92 Å². The van der Waals surface area contributed by atoms with Gasteiger partial charge in [-0.3, -0.25) is 9.59 Å². The molecule has 0 amide bonds. The molecule has 0 radical (unpaired) electrons.